The van der Waals surface area contributed by atoms with Crippen molar-refractivity contribution in [2.75, 3.05) is 5.32 Å². The molecule has 0 atom stereocenters. The molecule has 1 aromatic carbocycles. The number of nitrogens with zero attached hydrogens (tertiary/aromatic N) is 7. The lowest BCUT2D eigenvalue weighted by atomic mass is 10.1. The summed E-state index contributed by atoms with van der Waals surface area (Å²) in [5, 5.41) is 20.3. The summed E-state index contributed by atoms with van der Waals surface area (Å²) in [5.74, 6) is -2.59. The molecule has 3 aromatic heterocycles. The zero-order chi connectivity index (χ0) is 27.6. The Hall–Kier alpha value is -4.33. The minimum Gasteiger partial charge on any atom is -0.350 e. The van der Waals surface area contributed by atoms with Crippen LogP contribution < -0.4 is 10.6 Å². The Morgan fingerprint density at radius 3 is 2.55 bits per heavy atom. The van der Waals surface area contributed by atoms with E-state index in [1.165, 1.54) is 18.3 Å². The number of tetrazole rings is 1. The molecular weight excluding hydrogens is 527 g/mol. The van der Waals surface area contributed by atoms with Crippen LogP contribution in [0.25, 0.3) is 5.82 Å². The van der Waals surface area contributed by atoms with Crippen molar-refractivity contribution < 1.29 is 22.8 Å². The first-order chi connectivity index (χ1) is 18.0. The van der Waals surface area contributed by atoms with Crippen LogP contribution in [0.15, 0.2) is 36.5 Å². The summed E-state index contributed by atoms with van der Waals surface area (Å²) in [4.78, 5) is 31.3. The Morgan fingerprint density at radius 1 is 1.13 bits per heavy atom. The van der Waals surface area contributed by atoms with Gasteiger partial charge in [-0.2, -0.15) is 9.90 Å². The molecular formula is C23H21ClF3N9O2. The van der Waals surface area contributed by atoms with Gasteiger partial charge in [-0.15, -0.1) is 10.2 Å². The lowest BCUT2D eigenvalue weighted by Crippen LogP contribution is -2.31. The summed E-state index contributed by atoms with van der Waals surface area (Å²) in [6, 6.07) is 6.45. The van der Waals surface area contributed by atoms with Crippen molar-refractivity contribution in [2.45, 2.75) is 39.8 Å². The zero-order valence-electron chi connectivity index (χ0n) is 20.3. The van der Waals surface area contributed by atoms with Crippen LogP contribution in [0.3, 0.4) is 0 Å². The number of hydrogen-bond donors (Lipinski definition) is 2. The normalized spacial score (nSPS) is 11.3. The number of anilines is 1. The van der Waals surface area contributed by atoms with Gasteiger partial charge in [-0.3, -0.25) is 9.59 Å². The second-order valence-electron chi connectivity index (χ2n) is 8.45. The molecule has 0 spiro atoms. The quantitative estimate of drug-likeness (QED) is 0.343. The number of aryl methyl sites for hydroxylation is 1. The second-order valence-corrected chi connectivity index (χ2v) is 8.86. The molecule has 2 N–H and O–H groups in total. The average molecular weight is 548 g/mol. The van der Waals surface area contributed by atoms with E-state index >= 15 is 0 Å². The van der Waals surface area contributed by atoms with Gasteiger partial charge in [0.05, 0.1) is 22.0 Å². The lowest BCUT2D eigenvalue weighted by molar-refractivity contribution is 0.0943. The number of benzene rings is 1. The Labute approximate surface area is 219 Å². The van der Waals surface area contributed by atoms with Crippen LogP contribution in [0, 0.1) is 12.7 Å². The van der Waals surface area contributed by atoms with E-state index in [1.807, 2.05) is 0 Å². The number of halogens is 4. The van der Waals surface area contributed by atoms with E-state index in [0.717, 1.165) is 15.5 Å². The number of amides is 2. The summed E-state index contributed by atoms with van der Waals surface area (Å²) < 4.78 is 41.0. The summed E-state index contributed by atoms with van der Waals surface area (Å²) in [6.45, 7) is 4.83. The summed E-state index contributed by atoms with van der Waals surface area (Å²) >= 11 is 6.29. The number of alkyl halides is 2. The van der Waals surface area contributed by atoms with Crippen molar-refractivity contribution in [3.05, 3.63) is 75.7 Å². The van der Waals surface area contributed by atoms with Gasteiger partial charge in [0.1, 0.15) is 18.1 Å². The Bertz CT molecular complexity index is 1500. The third-order valence-corrected chi connectivity index (χ3v) is 5.40. The Kier molecular flexibility index (Phi) is 7.71. The van der Waals surface area contributed by atoms with Crippen LogP contribution in [-0.4, -0.2) is 52.8 Å². The minimum absolute atomic E-state index is 0.0614. The van der Waals surface area contributed by atoms with Gasteiger partial charge in [0.2, 0.25) is 5.82 Å². The van der Waals surface area contributed by atoms with Crippen LogP contribution in [0.2, 0.25) is 5.02 Å². The molecule has 0 aliphatic heterocycles. The van der Waals surface area contributed by atoms with Crippen LogP contribution in [0.4, 0.5) is 18.9 Å². The first-order valence-corrected chi connectivity index (χ1v) is 11.6. The zero-order valence-corrected chi connectivity index (χ0v) is 21.0. The fourth-order valence-corrected chi connectivity index (χ4v) is 3.73. The fraction of sp³-hybridized carbons (Fsp3) is 0.261. The van der Waals surface area contributed by atoms with Gasteiger partial charge in [-0.05, 0) is 61.9 Å². The van der Waals surface area contributed by atoms with Crippen molar-refractivity contribution >= 4 is 29.1 Å². The van der Waals surface area contributed by atoms with Crippen LogP contribution >= 0.6 is 11.6 Å². The van der Waals surface area contributed by atoms with Gasteiger partial charge in [-0.1, -0.05) is 11.6 Å². The molecule has 0 radical (unpaired) electrons. The smallest absolute Gasteiger partial charge is 0.301 e. The standard InChI is InChI=1S/C23H21ClF3N9O2/c1-11(2)29-22(37)15-8-13(25)7-12(3)18(15)30-23(38)17-9-14(10-35-33-20(19(26)27)31-34-35)32-36(17)21-16(24)5-4-6-28-21/h4-9,11,19H,10H2,1-3H3,(H,29,37)(H,30,38). The topological polar surface area (TPSA) is 133 Å². The van der Waals surface area contributed by atoms with E-state index in [9.17, 15) is 22.8 Å². The molecule has 4 rings (SSSR count). The van der Waals surface area contributed by atoms with Crippen molar-refractivity contribution in [1.82, 2.24) is 40.3 Å². The van der Waals surface area contributed by atoms with E-state index < -0.39 is 29.9 Å². The molecule has 0 aliphatic rings. The number of carbonyl (C=O) groups excluding carboxylic acids is 2. The molecule has 3 heterocycles. The van der Waals surface area contributed by atoms with Crippen molar-refractivity contribution in [3.63, 3.8) is 0 Å². The van der Waals surface area contributed by atoms with Crippen LogP contribution in [-0.2, 0) is 6.54 Å². The largest absolute Gasteiger partial charge is 0.350 e. The fourth-order valence-electron chi connectivity index (χ4n) is 3.52. The Morgan fingerprint density at radius 2 is 1.89 bits per heavy atom. The molecule has 0 fully saturated rings. The molecule has 198 valence electrons. The lowest BCUT2D eigenvalue weighted by Gasteiger charge is -2.16. The predicted molar refractivity (Wildman–Crippen MR) is 130 cm³/mol. The highest BCUT2D eigenvalue weighted by Crippen LogP contribution is 2.25. The van der Waals surface area contributed by atoms with Crippen molar-refractivity contribution in [3.8, 4) is 5.82 Å². The van der Waals surface area contributed by atoms with Crippen LogP contribution in [0.5, 0.6) is 0 Å². The molecule has 0 aliphatic carbocycles. The molecule has 0 saturated carbocycles. The van der Waals surface area contributed by atoms with Crippen molar-refractivity contribution in [1.29, 1.82) is 0 Å². The molecule has 11 nitrogen and oxygen atoms in total. The van der Waals surface area contributed by atoms with Crippen molar-refractivity contribution in [2.24, 2.45) is 0 Å². The van der Waals surface area contributed by atoms with Gasteiger partial charge in [0.25, 0.3) is 11.8 Å². The monoisotopic (exact) mass is 547 g/mol. The third-order valence-electron chi connectivity index (χ3n) is 5.10. The maximum absolute atomic E-state index is 14.2. The first-order valence-electron chi connectivity index (χ1n) is 11.2. The number of rotatable bonds is 8. The van der Waals surface area contributed by atoms with E-state index in [-0.39, 0.29) is 46.1 Å². The van der Waals surface area contributed by atoms with Crippen LogP contribution in [0.1, 0.15) is 58.2 Å². The van der Waals surface area contributed by atoms with Gasteiger partial charge >= 0.3 is 6.43 Å². The van der Waals surface area contributed by atoms with Gasteiger partial charge < -0.3 is 10.6 Å². The molecule has 2 amide bonds. The predicted octanol–water partition coefficient (Wildman–Crippen LogP) is 3.73. The first kappa shape index (κ1) is 26.7. The SMILES string of the molecule is Cc1cc(F)cc(C(=O)NC(C)C)c1NC(=O)c1cc(Cn2nnc(C(F)F)n2)nn1-c1ncccc1Cl. The second kappa shape index (κ2) is 11.0. The number of carbonyl (C=O) groups is 2. The number of hydrogen-bond acceptors (Lipinski definition) is 7. The van der Waals surface area contributed by atoms with Gasteiger partial charge in [0.15, 0.2) is 5.82 Å². The average Bonchev–Trinajstić information content (AvgIpc) is 3.48. The van der Waals surface area contributed by atoms with Gasteiger partial charge in [-0.25, -0.2) is 22.8 Å². The highest BCUT2D eigenvalue weighted by atomic mass is 35.5. The van der Waals surface area contributed by atoms with E-state index in [0.29, 0.717) is 5.56 Å². The summed E-state index contributed by atoms with van der Waals surface area (Å²) in [7, 11) is 0. The maximum Gasteiger partial charge on any atom is 0.301 e. The number of nitrogens with one attached hydrogen (secondary N) is 2. The summed E-state index contributed by atoms with van der Waals surface area (Å²) in [5.41, 5.74) is 0.465. The van der Waals surface area contributed by atoms with Gasteiger partial charge in [0, 0.05) is 12.2 Å². The summed E-state index contributed by atoms with van der Waals surface area (Å²) in [6.07, 6.45) is -1.47. The molecule has 0 unspecified atom stereocenters. The van der Waals surface area contributed by atoms with E-state index in [1.54, 1.807) is 32.9 Å². The molecule has 15 heteroatoms. The minimum atomic E-state index is -2.91. The van der Waals surface area contributed by atoms with E-state index in [2.05, 4.69) is 36.1 Å². The van der Waals surface area contributed by atoms with E-state index in [4.69, 9.17) is 11.6 Å². The number of pyridine rings is 1. The third kappa shape index (κ3) is 5.80. The molecule has 0 bridgehead atoms. The highest BCUT2D eigenvalue weighted by molar-refractivity contribution is 6.32. The maximum atomic E-state index is 14.2. The Balaban J connectivity index is 1.74. The number of aromatic nitrogens is 7. The molecule has 4 aromatic rings. The molecule has 0 saturated heterocycles. The highest BCUT2D eigenvalue weighted by Gasteiger charge is 2.24. The molecule has 38 heavy (non-hydrogen) atoms.